The minimum atomic E-state index is 0.145. The summed E-state index contributed by atoms with van der Waals surface area (Å²) < 4.78 is 0. The number of aromatic nitrogens is 2. The number of piperidine rings is 1. The van der Waals surface area contributed by atoms with Gasteiger partial charge in [0, 0.05) is 57.1 Å². The van der Waals surface area contributed by atoms with Crippen LogP contribution in [0.4, 0.5) is 5.82 Å². The molecule has 0 radical (unpaired) electrons. The first-order valence-electron chi connectivity index (χ1n) is 8.95. The predicted octanol–water partition coefficient (Wildman–Crippen LogP) is 2.88. The summed E-state index contributed by atoms with van der Waals surface area (Å²) in [6.07, 6.45) is 5.35. The molecule has 5 heteroatoms. The summed E-state index contributed by atoms with van der Waals surface area (Å²) in [4.78, 5) is 25.1. The van der Waals surface area contributed by atoms with Crippen LogP contribution in [0.1, 0.15) is 36.6 Å². The van der Waals surface area contributed by atoms with Crippen LogP contribution in [0.5, 0.6) is 0 Å². The van der Waals surface area contributed by atoms with Gasteiger partial charge in [-0.25, -0.2) is 4.98 Å². The fourth-order valence-electron chi connectivity index (χ4n) is 3.29. The molecule has 0 saturated carbocycles. The molecule has 2 aromatic heterocycles. The molecule has 5 nitrogen and oxygen atoms in total. The highest BCUT2D eigenvalue weighted by molar-refractivity contribution is 5.75. The van der Waals surface area contributed by atoms with Crippen LogP contribution in [0.25, 0.3) is 0 Å². The fourth-order valence-corrected chi connectivity index (χ4v) is 3.29. The molecule has 1 amide bonds. The van der Waals surface area contributed by atoms with Crippen LogP contribution in [0, 0.1) is 0 Å². The predicted molar refractivity (Wildman–Crippen MR) is 99.7 cm³/mol. The van der Waals surface area contributed by atoms with E-state index in [-0.39, 0.29) is 5.91 Å². The zero-order valence-electron chi connectivity index (χ0n) is 15.1. The van der Waals surface area contributed by atoms with Gasteiger partial charge >= 0.3 is 0 Å². The molecule has 0 bridgehead atoms. The van der Waals surface area contributed by atoms with E-state index in [1.165, 1.54) is 0 Å². The zero-order chi connectivity index (χ0) is 17.6. The van der Waals surface area contributed by atoms with Crippen molar-refractivity contribution in [1.82, 2.24) is 14.9 Å². The van der Waals surface area contributed by atoms with Crippen LogP contribution < -0.4 is 4.90 Å². The van der Waals surface area contributed by atoms with Crippen molar-refractivity contribution in [2.75, 3.05) is 32.1 Å². The number of carbonyl (C=O) groups is 1. The maximum atomic E-state index is 11.8. The lowest BCUT2D eigenvalue weighted by molar-refractivity contribution is -0.128. The van der Waals surface area contributed by atoms with E-state index in [0.29, 0.717) is 18.8 Å². The lowest BCUT2D eigenvalue weighted by Crippen LogP contribution is -2.35. The van der Waals surface area contributed by atoms with Crippen molar-refractivity contribution in [2.24, 2.45) is 0 Å². The van der Waals surface area contributed by atoms with E-state index in [1.807, 2.05) is 24.4 Å². The maximum Gasteiger partial charge on any atom is 0.222 e. The van der Waals surface area contributed by atoms with Gasteiger partial charge in [0.1, 0.15) is 5.82 Å². The van der Waals surface area contributed by atoms with E-state index in [1.54, 1.807) is 19.0 Å². The van der Waals surface area contributed by atoms with Gasteiger partial charge in [-0.2, -0.15) is 0 Å². The summed E-state index contributed by atoms with van der Waals surface area (Å²) in [7, 11) is 3.58. The van der Waals surface area contributed by atoms with Gasteiger partial charge in [0.05, 0.1) is 0 Å². The molecule has 0 aromatic carbocycles. The number of rotatable bonds is 5. The molecular formula is C20H26N4O. The molecule has 2 aromatic rings. The van der Waals surface area contributed by atoms with Crippen molar-refractivity contribution in [3.8, 4) is 0 Å². The summed E-state index contributed by atoms with van der Waals surface area (Å²) in [6, 6.07) is 12.3. The second-order valence-corrected chi connectivity index (χ2v) is 6.82. The Morgan fingerprint density at radius 1 is 1.24 bits per heavy atom. The standard InChI is InChI=1S/C20H26N4O/c1-23(2)20(25)12-11-17-8-5-9-18(22-17)16-7-6-14-24(15-16)19-10-3-4-13-21-19/h3-5,8-10,13,16H,6-7,11-12,14-15H2,1-2H3/t16-/m1/s1. The Bertz CT molecular complexity index is 702. The normalized spacial score (nSPS) is 17.4. The van der Waals surface area contributed by atoms with Gasteiger partial charge in [-0.15, -0.1) is 0 Å². The first-order valence-corrected chi connectivity index (χ1v) is 8.95. The van der Waals surface area contributed by atoms with E-state index in [4.69, 9.17) is 4.98 Å². The summed E-state index contributed by atoms with van der Waals surface area (Å²) >= 11 is 0. The molecule has 25 heavy (non-hydrogen) atoms. The summed E-state index contributed by atoms with van der Waals surface area (Å²) in [5.74, 6) is 1.60. The first-order chi connectivity index (χ1) is 12.1. The molecule has 1 aliphatic rings. The second-order valence-electron chi connectivity index (χ2n) is 6.82. The number of pyridine rings is 2. The Labute approximate surface area is 149 Å². The fraction of sp³-hybridized carbons (Fsp3) is 0.450. The van der Waals surface area contributed by atoms with Crippen LogP contribution in [0.15, 0.2) is 42.6 Å². The van der Waals surface area contributed by atoms with Crippen molar-refractivity contribution in [1.29, 1.82) is 0 Å². The van der Waals surface area contributed by atoms with Crippen LogP contribution in [0.3, 0.4) is 0 Å². The molecule has 3 heterocycles. The molecular weight excluding hydrogens is 312 g/mol. The van der Waals surface area contributed by atoms with E-state index >= 15 is 0 Å². The van der Waals surface area contributed by atoms with Crippen molar-refractivity contribution in [2.45, 2.75) is 31.6 Å². The maximum absolute atomic E-state index is 11.8. The Morgan fingerprint density at radius 3 is 2.88 bits per heavy atom. The van der Waals surface area contributed by atoms with Crippen molar-refractivity contribution in [3.05, 3.63) is 54.0 Å². The number of aryl methyl sites for hydroxylation is 1. The molecule has 3 rings (SSSR count). The van der Waals surface area contributed by atoms with Gasteiger partial charge in [0.25, 0.3) is 0 Å². The second kappa shape index (κ2) is 8.10. The number of hydrogen-bond donors (Lipinski definition) is 0. The van der Waals surface area contributed by atoms with Gasteiger partial charge in [-0.3, -0.25) is 9.78 Å². The monoisotopic (exact) mass is 338 g/mol. The number of anilines is 1. The number of amides is 1. The topological polar surface area (TPSA) is 49.3 Å². The third kappa shape index (κ3) is 4.56. The average molecular weight is 338 g/mol. The van der Waals surface area contributed by atoms with Gasteiger partial charge in [-0.1, -0.05) is 12.1 Å². The van der Waals surface area contributed by atoms with Crippen molar-refractivity contribution >= 4 is 11.7 Å². The summed E-state index contributed by atoms with van der Waals surface area (Å²) in [5.41, 5.74) is 2.14. The summed E-state index contributed by atoms with van der Waals surface area (Å²) in [5, 5.41) is 0. The molecule has 1 aliphatic heterocycles. The Kier molecular flexibility index (Phi) is 5.64. The third-order valence-corrected chi connectivity index (χ3v) is 4.74. The van der Waals surface area contributed by atoms with E-state index in [2.05, 4.69) is 28.1 Å². The molecule has 0 spiro atoms. The SMILES string of the molecule is CN(C)C(=O)CCc1cccc([C@@H]2CCCN(c3ccccn3)C2)n1. The lowest BCUT2D eigenvalue weighted by Gasteiger charge is -2.33. The molecule has 0 aliphatic carbocycles. The first kappa shape index (κ1) is 17.4. The molecule has 1 atom stereocenters. The minimum Gasteiger partial charge on any atom is -0.356 e. The highest BCUT2D eigenvalue weighted by Gasteiger charge is 2.23. The minimum absolute atomic E-state index is 0.145. The van der Waals surface area contributed by atoms with Crippen LogP contribution in [0.2, 0.25) is 0 Å². The molecule has 1 saturated heterocycles. The molecule has 0 N–H and O–H groups in total. The van der Waals surface area contributed by atoms with Gasteiger partial charge < -0.3 is 9.80 Å². The number of carbonyl (C=O) groups excluding carboxylic acids is 1. The molecule has 0 unspecified atom stereocenters. The van der Waals surface area contributed by atoms with Crippen molar-refractivity contribution < 1.29 is 4.79 Å². The number of hydrogen-bond acceptors (Lipinski definition) is 4. The van der Waals surface area contributed by atoms with E-state index < -0.39 is 0 Å². The smallest absolute Gasteiger partial charge is 0.222 e. The Hall–Kier alpha value is -2.43. The number of nitrogens with zero attached hydrogens (tertiary/aromatic N) is 4. The van der Waals surface area contributed by atoms with Crippen LogP contribution >= 0.6 is 0 Å². The molecule has 132 valence electrons. The molecule has 1 fully saturated rings. The van der Waals surface area contributed by atoms with Crippen LogP contribution in [-0.2, 0) is 11.2 Å². The Balaban J connectivity index is 1.67. The zero-order valence-corrected chi connectivity index (χ0v) is 15.1. The largest absolute Gasteiger partial charge is 0.356 e. The average Bonchev–Trinajstić information content (AvgIpc) is 2.67. The van der Waals surface area contributed by atoms with Gasteiger partial charge in [-0.05, 0) is 43.5 Å². The van der Waals surface area contributed by atoms with Gasteiger partial charge in [0.15, 0.2) is 0 Å². The highest BCUT2D eigenvalue weighted by atomic mass is 16.2. The van der Waals surface area contributed by atoms with E-state index in [9.17, 15) is 4.79 Å². The summed E-state index contributed by atoms with van der Waals surface area (Å²) in [6.45, 7) is 1.99. The van der Waals surface area contributed by atoms with Gasteiger partial charge in [0.2, 0.25) is 5.91 Å². The third-order valence-electron chi connectivity index (χ3n) is 4.74. The lowest BCUT2D eigenvalue weighted by atomic mass is 9.94. The van der Waals surface area contributed by atoms with Crippen LogP contribution in [-0.4, -0.2) is 48.0 Å². The van der Waals surface area contributed by atoms with Crippen molar-refractivity contribution in [3.63, 3.8) is 0 Å². The van der Waals surface area contributed by atoms with E-state index in [0.717, 1.165) is 43.1 Å². The Morgan fingerprint density at radius 2 is 2.12 bits per heavy atom. The highest BCUT2D eigenvalue weighted by Crippen LogP contribution is 2.28. The quantitative estimate of drug-likeness (QED) is 0.841.